The molecule has 0 aliphatic heterocycles. The maximum Gasteiger partial charge on any atom is 0.0408 e. The van der Waals surface area contributed by atoms with Crippen molar-refractivity contribution in [3.05, 3.63) is 69.2 Å². The van der Waals surface area contributed by atoms with Gasteiger partial charge in [0.05, 0.1) is 0 Å². The molecule has 2 rings (SSSR count). The summed E-state index contributed by atoms with van der Waals surface area (Å²) in [5.74, 6) is 0. The molecule has 20 heavy (non-hydrogen) atoms. The molecule has 0 spiro atoms. The smallest absolute Gasteiger partial charge is 0.0408 e. The third kappa shape index (κ3) is 3.99. The van der Waals surface area contributed by atoms with Crippen LogP contribution in [0.1, 0.15) is 29.7 Å². The maximum atomic E-state index is 6.07. The minimum absolute atomic E-state index is 0.274. The molecule has 0 aliphatic carbocycles. The van der Waals surface area contributed by atoms with Gasteiger partial charge in [-0.15, -0.1) is 0 Å². The van der Waals surface area contributed by atoms with E-state index in [0.29, 0.717) is 0 Å². The van der Waals surface area contributed by atoms with E-state index in [0.717, 1.165) is 23.0 Å². The van der Waals surface area contributed by atoms with Gasteiger partial charge in [0.15, 0.2) is 0 Å². The molecule has 1 nitrogen and oxygen atoms in total. The third-order valence-electron chi connectivity index (χ3n) is 3.39. The highest BCUT2D eigenvalue weighted by Crippen LogP contribution is 2.25. The van der Waals surface area contributed by atoms with Gasteiger partial charge < -0.3 is 5.32 Å². The van der Waals surface area contributed by atoms with Gasteiger partial charge in [0.1, 0.15) is 0 Å². The maximum absolute atomic E-state index is 6.07. The van der Waals surface area contributed by atoms with Gasteiger partial charge in [-0.1, -0.05) is 48.3 Å². The summed E-state index contributed by atoms with van der Waals surface area (Å²) in [6.45, 7) is 5.15. The Morgan fingerprint density at radius 1 is 1.05 bits per heavy atom. The zero-order chi connectivity index (χ0) is 14.5. The van der Waals surface area contributed by atoms with Crippen LogP contribution < -0.4 is 5.32 Å². The summed E-state index contributed by atoms with van der Waals surface area (Å²) in [4.78, 5) is 0. The molecule has 2 aromatic rings. The molecule has 0 bridgehead atoms. The van der Waals surface area contributed by atoms with Gasteiger partial charge in [-0.3, -0.25) is 0 Å². The van der Waals surface area contributed by atoms with E-state index in [4.69, 9.17) is 23.2 Å². The Balaban J connectivity index is 2.26. The predicted octanol–water partition coefficient (Wildman–Crippen LogP) is 5.20. The number of rotatable bonds is 5. The Morgan fingerprint density at radius 2 is 1.80 bits per heavy atom. The van der Waals surface area contributed by atoms with Gasteiger partial charge in [0.25, 0.3) is 0 Å². The Kier molecular flexibility index (Phi) is 5.47. The van der Waals surface area contributed by atoms with Crippen LogP contribution in [0, 0.1) is 6.92 Å². The van der Waals surface area contributed by atoms with Crippen molar-refractivity contribution in [2.75, 3.05) is 6.54 Å². The number of aryl methyl sites for hydroxylation is 1. The minimum atomic E-state index is 0.274. The zero-order valence-electron chi connectivity index (χ0n) is 11.8. The Morgan fingerprint density at radius 3 is 2.45 bits per heavy atom. The van der Waals surface area contributed by atoms with E-state index in [9.17, 15) is 0 Å². The van der Waals surface area contributed by atoms with Crippen molar-refractivity contribution < 1.29 is 0 Å². The van der Waals surface area contributed by atoms with E-state index in [2.05, 4.69) is 31.3 Å². The fraction of sp³-hybridized carbons (Fsp3) is 0.294. The number of benzene rings is 2. The molecule has 2 aromatic carbocycles. The average molecular weight is 308 g/mol. The molecule has 0 fully saturated rings. The minimum Gasteiger partial charge on any atom is -0.310 e. The monoisotopic (exact) mass is 307 g/mol. The van der Waals surface area contributed by atoms with E-state index < -0.39 is 0 Å². The number of nitrogens with one attached hydrogen (secondary N) is 1. The molecule has 0 amide bonds. The van der Waals surface area contributed by atoms with E-state index in [1.165, 1.54) is 16.7 Å². The van der Waals surface area contributed by atoms with Crippen LogP contribution in [-0.2, 0) is 6.42 Å². The van der Waals surface area contributed by atoms with E-state index in [1.54, 1.807) is 0 Å². The molecule has 1 N–H and O–H groups in total. The van der Waals surface area contributed by atoms with E-state index >= 15 is 0 Å². The largest absolute Gasteiger partial charge is 0.310 e. The molecule has 1 unspecified atom stereocenters. The van der Waals surface area contributed by atoms with Gasteiger partial charge in [0, 0.05) is 16.1 Å². The first-order chi connectivity index (χ1) is 9.60. The number of hydrogen-bond donors (Lipinski definition) is 1. The molecule has 1 atom stereocenters. The molecule has 0 saturated carbocycles. The fourth-order valence-electron chi connectivity index (χ4n) is 2.47. The van der Waals surface area contributed by atoms with Crippen molar-refractivity contribution in [3.8, 4) is 0 Å². The van der Waals surface area contributed by atoms with Crippen LogP contribution in [0.3, 0.4) is 0 Å². The summed E-state index contributed by atoms with van der Waals surface area (Å²) in [6.07, 6.45) is 0.914. The van der Waals surface area contributed by atoms with Crippen LogP contribution in [0.2, 0.25) is 10.0 Å². The van der Waals surface area contributed by atoms with Crippen molar-refractivity contribution in [2.45, 2.75) is 26.3 Å². The van der Waals surface area contributed by atoms with Gasteiger partial charge >= 0.3 is 0 Å². The van der Waals surface area contributed by atoms with Crippen molar-refractivity contribution in [1.29, 1.82) is 0 Å². The van der Waals surface area contributed by atoms with Gasteiger partial charge in [-0.25, -0.2) is 0 Å². The lowest BCUT2D eigenvalue weighted by atomic mass is 9.95. The number of halogens is 2. The fourth-order valence-corrected chi connectivity index (χ4v) is 2.91. The third-order valence-corrected chi connectivity index (χ3v) is 3.86. The van der Waals surface area contributed by atoms with Gasteiger partial charge in [-0.2, -0.15) is 0 Å². The second-order valence-electron chi connectivity index (χ2n) is 4.95. The normalized spacial score (nSPS) is 12.4. The molecule has 0 heterocycles. The van der Waals surface area contributed by atoms with Crippen molar-refractivity contribution in [1.82, 2.24) is 5.32 Å². The predicted molar refractivity (Wildman–Crippen MR) is 87.8 cm³/mol. The first-order valence-electron chi connectivity index (χ1n) is 6.84. The molecule has 106 valence electrons. The molecular weight excluding hydrogens is 289 g/mol. The van der Waals surface area contributed by atoms with Crippen molar-refractivity contribution >= 4 is 23.2 Å². The SMILES string of the molecule is CCNC(Cc1cccc(Cl)c1)c1ccc(Cl)cc1C. The molecular formula is C17H19Cl2N. The van der Waals surface area contributed by atoms with Crippen LogP contribution in [0.15, 0.2) is 42.5 Å². The summed E-state index contributed by atoms with van der Waals surface area (Å²) < 4.78 is 0. The summed E-state index contributed by atoms with van der Waals surface area (Å²) in [5, 5.41) is 5.11. The number of hydrogen-bond acceptors (Lipinski definition) is 1. The van der Waals surface area contributed by atoms with Crippen LogP contribution >= 0.6 is 23.2 Å². The number of likely N-dealkylation sites (N-methyl/N-ethyl adjacent to an activating group) is 1. The van der Waals surface area contributed by atoms with Gasteiger partial charge in [0.2, 0.25) is 0 Å². The summed E-state index contributed by atoms with van der Waals surface area (Å²) >= 11 is 12.1. The summed E-state index contributed by atoms with van der Waals surface area (Å²) in [7, 11) is 0. The zero-order valence-corrected chi connectivity index (χ0v) is 13.3. The van der Waals surface area contributed by atoms with E-state index in [-0.39, 0.29) is 6.04 Å². The highest BCUT2D eigenvalue weighted by molar-refractivity contribution is 6.30. The lowest BCUT2D eigenvalue weighted by Crippen LogP contribution is -2.23. The highest BCUT2D eigenvalue weighted by Gasteiger charge is 2.14. The Hall–Kier alpha value is -1.02. The topological polar surface area (TPSA) is 12.0 Å². The van der Waals surface area contributed by atoms with Crippen LogP contribution in [-0.4, -0.2) is 6.54 Å². The standard InChI is InChI=1S/C17H19Cl2N/c1-3-20-17(11-13-5-4-6-14(18)10-13)16-8-7-15(19)9-12(16)2/h4-10,17,20H,3,11H2,1-2H3. The first kappa shape index (κ1) is 15.4. The summed E-state index contributed by atoms with van der Waals surface area (Å²) in [6, 6.07) is 14.4. The first-order valence-corrected chi connectivity index (χ1v) is 7.59. The van der Waals surface area contributed by atoms with Crippen LogP contribution in [0.4, 0.5) is 0 Å². The van der Waals surface area contributed by atoms with E-state index in [1.807, 2.05) is 30.3 Å². The molecule has 0 saturated heterocycles. The average Bonchev–Trinajstić information content (AvgIpc) is 2.38. The lowest BCUT2D eigenvalue weighted by molar-refractivity contribution is 0.547. The molecule has 3 heteroatoms. The van der Waals surface area contributed by atoms with Crippen molar-refractivity contribution in [3.63, 3.8) is 0 Å². The summed E-state index contributed by atoms with van der Waals surface area (Å²) in [5.41, 5.74) is 3.74. The quantitative estimate of drug-likeness (QED) is 0.801. The Labute approximate surface area is 130 Å². The van der Waals surface area contributed by atoms with Gasteiger partial charge in [-0.05, 0) is 60.8 Å². The van der Waals surface area contributed by atoms with Crippen molar-refractivity contribution in [2.24, 2.45) is 0 Å². The molecule has 0 radical (unpaired) electrons. The second kappa shape index (κ2) is 7.12. The Bertz CT molecular complexity index is 581. The highest BCUT2D eigenvalue weighted by atomic mass is 35.5. The lowest BCUT2D eigenvalue weighted by Gasteiger charge is -2.21. The second-order valence-corrected chi connectivity index (χ2v) is 5.82. The van der Waals surface area contributed by atoms with Crippen LogP contribution in [0.5, 0.6) is 0 Å². The van der Waals surface area contributed by atoms with Crippen LogP contribution in [0.25, 0.3) is 0 Å². The molecule has 0 aliphatic rings. The molecule has 0 aromatic heterocycles.